The molecule has 0 aromatic rings. The molecule has 0 radical (unpaired) electrons. The fourth-order valence-electron chi connectivity index (χ4n) is 0.630. The molecular weight excluding hydrogens is 164 g/mol. The number of hydrogen-bond donors (Lipinski definition) is 0. The zero-order valence-corrected chi connectivity index (χ0v) is 7.81. The van der Waals surface area contributed by atoms with Crippen molar-refractivity contribution in [2.45, 2.75) is 20.8 Å². The minimum atomic E-state index is -0.332. The Labute approximate surface area is 72.2 Å². The van der Waals surface area contributed by atoms with Gasteiger partial charge in [-0.15, -0.1) is 0 Å². The molecule has 0 N–H and O–H groups in total. The Bertz CT molecular complexity index is 163. The molecule has 0 saturated heterocycles. The number of halogens is 1. The summed E-state index contributed by atoms with van der Waals surface area (Å²) < 4.78 is 4.76. The average molecular weight is 177 g/mol. The van der Waals surface area contributed by atoms with Crippen LogP contribution in [-0.4, -0.2) is 12.6 Å². The summed E-state index contributed by atoms with van der Waals surface area (Å²) in [6.45, 7) is 5.68. The van der Waals surface area contributed by atoms with Crippen LogP contribution in [-0.2, 0) is 9.53 Å². The summed E-state index contributed by atoms with van der Waals surface area (Å²) in [6, 6.07) is 0. The first kappa shape index (κ1) is 10.5. The van der Waals surface area contributed by atoms with Gasteiger partial charge in [0, 0.05) is 5.03 Å². The maximum absolute atomic E-state index is 11.0. The van der Waals surface area contributed by atoms with E-state index in [9.17, 15) is 4.79 Å². The third-order valence-electron chi connectivity index (χ3n) is 1.33. The van der Waals surface area contributed by atoms with E-state index in [0.29, 0.717) is 11.6 Å². The van der Waals surface area contributed by atoms with Crippen molar-refractivity contribution in [3.8, 4) is 0 Å². The van der Waals surface area contributed by atoms with Gasteiger partial charge in [0.05, 0.1) is 12.5 Å². The number of carbonyl (C=O) groups excluding carboxylic acids is 1. The van der Waals surface area contributed by atoms with Crippen molar-refractivity contribution in [2.75, 3.05) is 6.61 Å². The van der Waals surface area contributed by atoms with E-state index in [1.54, 1.807) is 26.8 Å². The standard InChI is InChI=1S/C8H13ClO2/c1-4-7(9)6(3)8(10)11-5-2/h4,6H,5H2,1-3H3/b7-4+. The van der Waals surface area contributed by atoms with Crippen molar-refractivity contribution >= 4 is 17.6 Å². The molecule has 0 rings (SSSR count). The van der Waals surface area contributed by atoms with Crippen molar-refractivity contribution in [3.05, 3.63) is 11.1 Å². The van der Waals surface area contributed by atoms with Crippen LogP contribution in [0.15, 0.2) is 11.1 Å². The van der Waals surface area contributed by atoms with Gasteiger partial charge in [0.25, 0.3) is 0 Å². The van der Waals surface area contributed by atoms with Crippen molar-refractivity contribution in [2.24, 2.45) is 5.92 Å². The molecule has 0 aliphatic heterocycles. The summed E-state index contributed by atoms with van der Waals surface area (Å²) in [5.41, 5.74) is 0. The second kappa shape index (κ2) is 5.19. The Hall–Kier alpha value is -0.500. The molecular formula is C8H13ClO2. The van der Waals surface area contributed by atoms with Crippen LogP contribution in [0.25, 0.3) is 0 Å². The van der Waals surface area contributed by atoms with Crippen LogP contribution in [0.5, 0.6) is 0 Å². The maximum Gasteiger partial charge on any atom is 0.314 e. The largest absolute Gasteiger partial charge is 0.466 e. The summed E-state index contributed by atoms with van der Waals surface area (Å²) >= 11 is 5.71. The van der Waals surface area contributed by atoms with Gasteiger partial charge < -0.3 is 4.74 Å². The highest BCUT2D eigenvalue weighted by molar-refractivity contribution is 6.31. The maximum atomic E-state index is 11.0. The molecule has 0 aromatic carbocycles. The average Bonchev–Trinajstić information content (AvgIpc) is 2.02. The highest BCUT2D eigenvalue weighted by Crippen LogP contribution is 2.15. The Kier molecular flexibility index (Phi) is 4.95. The van der Waals surface area contributed by atoms with E-state index in [1.165, 1.54) is 0 Å². The number of ether oxygens (including phenoxy) is 1. The van der Waals surface area contributed by atoms with Gasteiger partial charge in [-0.3, -0.25) is 4.79 Å². The van der Waals surface area contributed by atoms with Gasteiger partial charge in [0.1, 0.15) is 0 Å². The Balaban J connectivity index is 4.02. The number of carbonyl (C=O) groups is 1. The van der Waals surface area contributed by atoms with Crippen LogP contribution in [0.3, 0.4) is 0 Å². The van der Waals surface area contributed by atoms with Crippen molar-refractivity contribution in [1.29, 1.82) is 0 Å². The minimum absolute atomic E-state index is 0.268. The molecule has 0 aliphatic rings. The van der Waals surface area contributed by atoms with E-state index in [4.69, 9.17) is 16.3 Å². The van der Waals surface area contributed by atoms with Crippen molar-refractivity contribution in [3.63, 3.8) is 0 Å². The number of esters is 1. The van der Waals surface area contributed by atoms with E-state index in [0.717, 1.165) is 0 Å². The molecule has 1 atom stereocenters. The number of hydrogen-bond acceptors (Lipinski definition) is 2. The van der Waals surface area contributed by atoms with Crippen molar-refractivity contribution < 1.29 is 9.53 Å². The lowest BCUT2D eigenvalue weighted by atomic mass is 10.2. The lowest BCUT2D eigenvalue weighted by molar-refractivity contribution is -0.145. The van der Waals surface area contributed by atoms with E-state index in [2.05, 4.69) is 0 Å². The molecule has 64 valence electrons. The highest BCUT2D eigenvalue weighted by Gasteiger charge is 2.15. The molecule has 11 heavy (non-hydrogen) atoms. The van der Waals surface area contributed by atoms with Crippen LogP contribution in [0, 0.1) is 5.92 Å². The first-order chi connectivity index (χ1) is 5.13. The monoisotopic (exact) mass is 176 g/mol. The molecule has 0 spiro atoms. The first-order valence-electron chi connectivity index (χ1n) is 3.61. The zero-order valence-electron chi connectivity index (χ0n) is 7.06. The van der Waals surface area contributed by atoms with Gasteiger partial charge in [-0.25, -0.2) is 0 Å². The molecule has 0 bridgehead atoms. The molecule has 1 unspecified atom stereocenters. The zero-order chi connectivity index (χ0) is 8.85. The predicted octanol–water partition coefficient (Wildman–Crippen LogP) is 2.33. The van der Waals surface area contributed by atoms with Crippen LogP contribution < -0.4 is 0 Å². The summed E-state index contributed by atoms with van der Waals surface area (Å²) in [6.07, 6.45) is 1.70. The third kappa shape index (κ3) is 3.42. The molecule has 3 heteroatoms. The molecule has 0 heterocycles. The molecule has 0 fully saturated rings. The molecule has 2 nitrogen and oxygen atoms in total. The third-order valence-corrected chi connectivity index (χ3v) is 1.88. The predicted molar refractivity (Wildman–Crippen MR) is 45.4 cm³/mol. The van der Waals surface area contributed by atoms with E-state index < -0.39 is 0 Å². The Morgan fingerprint density at radius 1 is 1.73 bits per heavy atom. The van der Waals surface area contributed by atoms with Crippen LogP contribution in [0.1, 0.15) is 20.8 Å². The lowest BCUT2D eigenvalue weighted by Crippen LogP contribution is -2.14. The van der Waals surface area contributed by atoms with Gasteiger partial charge in [-0.1, -0.05) is 17.7 Å². The van der Waals surface area contributed by atoms with Crippen molar-refractivity contribution in [1.82, 2.24) is 0 Å². The van der Waals surface area contributed by atoms with Crippen LogP contribution in [0.2, 0.25) is 0 Å². The number of rotatable bonds is 3. The Morgan fingerprint density at radius 2 is 2.27 bits per heavy atom. The topological polar surface area (TPSA) is 26.3 Å². The van der Waals surface area contributed by atoms with Gasteiger partial charge in [0.2, 0.25) is 0 Å². The first-order valence-corrected chi connectivity index (χ1v) is 3.99. The fraction of sp³-hybridized carbons (Fsp3) is 0.625. The SMILES string of the molecule is C/C=C(/Cl)C(C)C(=O)OCC. The lowest BCUT2D eigenvalue weighted by Gasteiger charge is -2.08. The van der Waals surface area contributed by atoms with Gasteiger partial charge in [-0.05, 0) is 20.8 Å². The smallest absolute Gasteiger partial charge is 0.314 e. The molecule has 0 aliphatic carbocycles. The van der Waals surface area contributed by atoms with Crippen LogP contribution in [0.4, 0.5) is 0 Å². The summed E-state index contributed by atoms with van der Waals surface area (Å²) in [7, 11) is 0. The summed E-state index contributed by atoms with van der Waals surface area (Å²) in [4.78, 5) is 11.0. The minimum Gasteiger partial charge on any atom is -0.466 e. The summed E-state index contributed by atoms with van der Waals surface area (Å²) in [5.74, 6) is -0.600. The normalized spacial score (nSPS) is 14.4. The number of allylic oxidation sites excluding steroid dienone is 1. The Morgan fingerprint density at radius 3 is 2.64 bits per heavy atom. The van der Waals surface area contributed by atoms with E-state index in [-0.39, 0.29) is 11.9 Å². The quantitative estimate of drug-likeness (QED) is 0.617. The molecule has 0 amide bonds. The van der Waals surface area contributed by atoms with Gasteiger partial charge >= 0.3 is 5.97 Å². The van der Waals surface area contributed by atoms with E-state index in [1.807, 2.05) is 0 Å². The fourth-order valence-corrected chi connectivity index (χ4v) is 0.719. The van der Waals surface area contributed by atoms with Gasteiger partial charge in [-0.2, -0.15) is 0 Å². The second-order valence-electron chi connectivity index (χ2n) is 2.15. The second-order valence-corrected chi connectivity index (χ2v) is 2.58. The summed E-state index contributed by atoms with van der Waals surface area (Å²) in [5, 5.41) is 0.531. The van der Waals surface area contributed by atoms with E-state index >= 15 is 0 Å². The highest BCUT2D eigenvalue weighted by atomic mass is 35.5. The molecule has 0 aromatic heterocycles. The van der Waals surface area contributed by atoms with Crippen LogP contribution >= 0.6 is 11.6 Å². The molecule has 0 saturated carbocycles. The van der Waals surface area contributed by atoms with Gasteiger partial charge in [0.15, 0.2) is 0 Å².